The first-order valence-electron chi connectivity index (χ1n) is 11.1. The monoisotopic (exact) mass is 433 g/mol. The van der Waals surface area contributed by atoms with Crippen molar-refractivity contribution in [3.8, 4) is 0 Å². The Hall–Kier alpha value is -2.47. The van der Waals surface area contributed by atoms with E-state index in [0.717, 1.165) is 57.8 Å². The number of hydrogen-bond donors (Lipinski definition) is 1. The molecule has 2 heterocycles. The van der Waals surface area contributed by atoms with Crippen molar-refractivity contribution in [2.24, 2.45) is 0 Å². The van der Waals surface area contributed by atoms with Crippen molar-refractivity contribution in [3.05, 3.63) is 87.6 Å². The molecule has 31 heavy (non-hydrogen) atoms. The number of thiophene rings is 1. The van der Waals surface area contributed by atoms with E-state index in [1.165, 1.54) is 16.7 Å². The fourth-order valence-electron chi connectivity index (χ4n) is 4.01. The van der Waals surface area contributed by atoms with Crippen LogP contribution in [0.4, 0.5) is 5.69 Å². The van der Waals surface area contributed by atoms with Crippen molar-refractivity contribution in [2.75, 3.05) is 31.5 Å². The van der Waals surface area contributed by atoms with Gasteiger partial charge in [0.05, 0.1) is 0 Å². The van der Waals surface area contributed by atoms with Crippen molar-refractivity contribution < 1.29 is 4.79 Å². The molecule has 0 spiro atoms. The highest BCUT2D eigenvalue weighted by molar-refractivity contribution is 7.07. The molecule has 5 heteroatoms. The molecule has 1 amide bonds. The number of carbonyl (C=O) groups is 1. The van der Waals surface area contributed by atoms with Gasteiger partial charge in [-0.3, -0.25) is 14.6 Å². The van der Waals surface area contributed by atoms with Crippen LogP contribution in [0, 0.1) is 0 Å². The maximum atomic E-state index is 12.6. The van der Waals surface area contributed by atoms with Crippen LogP contribution in [0.15, 0.2) is 65.4 Å². The average Bonchev–Trinajstić information content (AvgIpc) is 3.30. The van der Waals surface area contributed by atoms with Crippen molar-refractivity contribution in [1.29, 1.82) is 0 Å². The molecule has 0 bridgehead atoms. The van der Waals surface area contributed by atoms with E-state index < -0.39 is 0 Å². The number of anilines is 1. The molecule has 3 aromatic rings. The predicted octanol–water partition coefficient (Wildman–Crippen LogP) is 5.27. The largest absolute Gasteiger partial charge is 0.322 e. The summed E-state index contributed by atoms with van der Waals surface area (Å²) in [5.74, 6) is -0.0585. The van der Waals surface area contributed by atoms with E-state index in [4.69, 9.17) is 0 Å². The summed E-state index contributed by atoms with van der Waals surface area (Å²) in [6, 6.07) is 18.4. The molecule has 2 aromatic carbocycles. The number of benzene rings is 2. The van der Waals surface area contributed by atoms with Crippen LogP contribution in [0.25, 0.3) is 0 Å². The zero-order chi connectivity index (χ0) is 21.5. The number of amides is 1. The molecule has 0 unspecified atom stereocenters. The molecular weight excluding hydrogens is 402 g/mol. The average molecular weight is 434 g/mol. The first-order valence-corrected chi connectivity index (χ1v) is 12.1. The minimum Gasteiger partial charge on any atom is -0.322 e. The van der Waals surface area contributed by atoms with Crippen molar-refractivity contribution in [2.45, 2.75) is 32.9 Å². The van der Waals surface area contributed by atoms with Crippen LogP contribution in [0.3, 0.4) is 0 Å². The van der Waals surface area contributed by atoms with Gasteiger partial charge in [0.2, 0.25) is 0 Å². The molecule has 1 aliphatic heterocycles. The van der Waals surface area contributed by atoms with Gasteiger partial charge >= 0.3 is 0 Å². The van der Waals surface area contributed by atoms with Gasteiger partial charge in [0.1, 0.15) is 0 Å². The smallest absolute Gasteiger partial charge is 0.255 e. The number of nitrogens with zero attached hydrogens (tertiary/aromatic N) is 2. The Kier molecular flexibility index (Phi) is 7.52. The van der Waals surface area contributed by atoms with E-state index in [2.05, 4.69) is 63.1 Å². The zero-order valence-electron chi connectivity index (χ0n) is 18.2. The van der Waals surface area contributed by atoms with E-state index in [9.17, 15) is 4.79 Å². The summed E-state index contributed by atoms with van der Waals surface area (Å²) in [5, 5.41) is 7.39. The number of nitrogens with one attached hydrogen (secondary N) is 1. The van der Waals surface area contributed by atoms with Crippen LogP contribution in [-0.2, 0) is 19.5 Å². The van der Waals surface area contributed by atoms with Gasteiger partial charge in [-0.05, 0) is 64.2 Å². The first-order chi connectivity index (χ1) is 15.2. The lowest BCUT2D eigenvalue weighted by atomic mass is 10.1. The number of aryl methyl sites for hydroxylation is 1. The van der Waals surface area contributed by atoms with Crippen LogP contribution in [-0.4, -0.2) is 41.9 Å². The van der Waals surface area contributed by atoms with Crippen molar-refractivity contribution in [3.63, 3.8) is 0 Å². The molecular formula is C26H31N3OS. The second-order valence-corrected chi connectivity index (χ2v) is 9.06. The first kappa shape index (κ1) is 21.8. The van der Waals surface area contributed by atoms with Gasteiger partial charge in [0.15, 0.2) is 0 Å². The second-order valence-electron chi connectivity index (χ2n) is 8.28. The van der Waals surface area contributed by atoms with Crippen LogP contribution in [0.5, 0.6) is 0 Å². The van der Waals surface area contributed by atoms with Crippen LogP contribution >= 0.6 is 11.3 Å². The fourth-order valence-corrected chi connectivity index (χ4v) is 4.67. The molecule has 4 rings (SSSR count). The van der Waals surface area contributed by atoms with Gasteiger partial charge in [0, 0.05) is 50.5 Å². The molecule has 1 aromatic heterocycles. The SMILES string of the molecule is CCCc1ccc(NC(=O)c2ccc(CN3CCN(Cc4ccsc4)CC3)cc2)cc1. The maximum Gasteiger partial charge on any atom is 0.255 e. The lowest BCUT2D eigenvalue weighted by Crippen LogP contribution is -2.45. The summed E-state index contributed by atoms with van der Waals surface area (Å²) < 4.78 is 0. The number of carbonyl (C=O) groups excluding carboxylic acids is 1. The van der Waals surface area contributed by atoms with E-state index in [1.54, 1.807) is 11.3 Å². The fraction of sp³-hybridized carbons (Fsp3) is 0.346. The Morgan fingerprint density at radius 2 is 1.45 bits per heavy atom. The van der Waals surface area contributed by atoms with Crippen molar-refractivity contribution >= 4 is 22.9 Å². The molecule has 1 N–H and O–H groups in total. The molecule has 1 fully saturated rings. The minimum atomic E-state index is -0.0585. The van der Waals surface area contributed by atoms with Gasteiger partial charge in [-0.25, -0.2) is 0 Å². The van der Waals surface area contributed by atoms with E-state index in [1.807, 2.05) is 24.3 Å². The van der Waals surface area contributed by atoms with Gasteiger partial charge < -0.3 is 5.32 Å². The number of hydrogen-bond acceptors (Lipinski definition) is 4. The van der Waals surface area contributed by atoms with E-state index in [0.29, 0.717) is 5.56 Å². The Labute approximate surface area is 189 Å². The molecule has 0 aliphatic carbocycles. The maximum absolute atomic E-state index is 12.6. The molecule has 0 atom stereocenters. The van der Waals surface area contributed by atoms with Gasteiger partial charge in [-0.1, -0.05) is 37.6 Å². The topological polar surface area (TPSA) is 35.6 Å². The minimum absolute atomic E-state index is 0.0585. The van der Waals surface area contributed by atoms with Gasteiger partial charge in [-0.15, -0.1) is 0 Å². The molecule has 4 nitrogen and oxygen atoms in total. The van der Waals surface area contributed by atoms with E-state index in [-0.39, 0.29) is 5.91 Å². The third-order valence-electron chi connectivity index (χ3n) is 5.82. The van der Waals surface area contributed by atoms with Crippen molar-refractivity contribution in [1.82, 2.24) is 9.80 Å². The summed E-state index contributed by atoms with van der Waals surface area (Å²) in [5.41, 5.74) is 5.52. The number of rotatable bonds is 8. The standard InChI is InChI=1S/C26H31N3OS/c1-2-3-21-6-10-25(11-7-21)27-26(30)24-8-4-22(5-9-24)18-28-13-15-29(16-14-28)19-23-12-17-31-20-23/h4-12,17,20H,2-3,13-16,18-19H2,1H3,(H,27,30). The van der Waals surface area contributed by atoms with Crippen LogP contribution in [0.1, 0.15) is 40.4 Å². The Bertz CT molecular complexity index is 943. The zero-order valence-corrected chi connectivity index (χ0v) is 19.0. The molecule has 162 valence electrons. The molecule has 0 radical (unpaired) electrons. The molecule has 1 saturated heterocycles. The Balaban J connectivity index is 1.25. The normalized spacial score (nSPS) is 15.1. The quantitative estimate of drug-likeness (QED) is 0.526. The summed E-state index contributed by atoms with van der Waals surface area (Å²) in [4.78, 5) is 17.6. The predicted molar refractivity (Wildman–Crippen MR) is 130 cm³/mol. The summed E-state index contributed by atoms with van der Waals surface area (Å²) in [6.07, 6.45) is 2.20. The van der Waals surface area contributed by atoms with Gasteiger partial charge in [-0.2, -0.15) is 11.3 Å². The van der Waals surface area contributed by atoms with Crippen LogP contribution in [0.2, 0.25) is 0 Å². The van der Waals surface area contributed by atoms with Crippen LogP contribution < -0.4 is 5.32 Å². The summed E-state index contributed by atoms with van der Waals surface area (Å²) in [6.45, 7) is 8.54. The highest BCUT2D eigenvalue weighted by Gasteiger charge is 2.17. The van der Waals surface area contributed by atoms with Gasteiger partial charge in [0.25, 0.3) is 5.91 Å². The summed E-state index contributed by atoms with van der Waals surface area (Å²) in [7, 11) is 0. The Morgan fingerprint density at radius 3 is 2.03 bits per heavy atom. The second kappa shape index (κ2) is 10.7. The lowest BCUT2D eigenvalue weighted by molar-refractivity contribution is 0.102. The lowest BCUT2D eigenvalue weighted by Gasteiger charge is -2.34. The number of piperazine rings is 1. The highest BCUT2D eigenvalue weighted by Crippen LogP contribution is 2.16. The summed E-state index contributed by atoms with van der Waals surface area (Å²) >= 11 is 1.77. The third-order valence-corrected chi connectivity index (χ3v) is 6.56. The molecule has 1 aliphatic rings. The highest BCUT2D eigenvalue weighted by atomic mass is 32.1. The molecule has 0 saturated carbocycles. The van der Waals surface area contributed by atoms with E-state index >= 15 is 0 Å². The third kappa shape index (κ3) is 6.26. The Morgan fingerprint density at radius 1 is 0.839 bits per heavy atom.